The lowest BCUT2D eigenvalue weighted by Crippen LogP contribution is -2.46. The summed E-state index contributed by atoms with van der Waals surface area (Å²) < 4.78 is 5.11. The van der Waals surface area contributed by atoms with E-state index in [0.29, 0.717) is 19.3 Å². The first-order valence-corrected chi connectivity index (χ1v) is 5.63. The number of nitrogens with one attached hydrogen (secondary N) is 1. The average molecular weight is 231 g/mol. The molecule has 1 amide bonds. The van der Waals surface area contributed by atoms with E-state index < -0.39 is 23.9 Å². The molecule has 94 valence electrons. The van der Waals surface area contributed by atoms with Crippen molar-refractivity contribution in [2.45, 2.75) is 63.9 Å². The Hall–Kier alpha value is -0.810. The highest BCUT2D eigenvalue weighted by Gasteiger charge is 2.29. The predicted octanol–water partition coefficient (Wildman–Crippen LogP) is 0.785. The fourth-order valence-electron chi connectivity index (χ4n) is 1.74. The summed E-state index contributed by atoms with van der Waals surface area (Å²) in [5.74, 6) is 0. The van der Waals surface area contributed by atoms with Crippen molar-refractivity contribution >= 4 is 6.09 Å². The number of aliphatic hydroxyl groups excluding tert-OH is 2. The molecule has 0 radical (unpaired) electrons. The van der Waals surface area contributed by atoms with Gasteiger partial charge in [-0.1, -0.05) is 0 Å². The Morgan fingerprint density at radius 3 is 2.38 bits per heavy atom. The molecule has 1 aliphatic carbocycles. The van der Waals surface area contributed by atoms with Gasteiger partial charge in [-0.05, 0) is 40.0 Å². The first-order chi connectivity index (χ1) is 7.28. The van der Waals surface area contributed by atoms with E-state index in [4.69, 9.17) is 4.74 Å². The molecule has 16 heavy (non-hydrogen) atoms. The zero-order chi connectivity index (χ0) is 12.3. The van der Waals surface area contributed by atoms with Crippen LogP contribution in [0.5, 0.6) is 0 Å². The van der Waals surface area contributed by atoms with Gasteiger partial charge in [-0.25, -0.2) is 4.79 Å². The molecule has 0 bridgehead atoms. The van der Waals surface area contributed by atoms with Crippen LogP contribution in [0.15, 0.2) is 0 Å². The highest BCUT2D eigenvalue weighted by Crippen LogP contribution is 2.19. The molecule has 1 saturated carbocycles. The molecule has 1 rings (SSSR count). The van der Waals surface area contributed by atoms with Crippen LogP contribution in [0.25, 0.3) is 0 Å². The molecule has 1 fully saturated rings. The van der Waals surface area contributed by atoms with Crippen molar-refractivity contribution in [2.24, 2.45) is 0 Å². The zero-order valence-electron chi connectivity index (χ0n) is 10.1. The maximum atomic E-state index is 11.4. The van der Waals surface area contributed by atoms with Crippen LogP contribution in [-0.2, 0) is 4.74 Å². The topological polar surface area (TPSA) is 78.8 Å². The molecule has 1 aliphatic rings. The maximum Gasteiger partial charge on any atom is 0.407 e. The van der Waals surface area contributed by atoms with E-state index in [1.165, 1.54) is 0 Å². The minimum atomic E-state index is -0.756. The van der Waals surface area contributed by atoms with E-state index in [2.05, 4.69) is 5.32 Å². The molecule has 0 aromatic rings. The Morgan fingerprint density at radius 1 is 1.25 bits per heavy atom. The van der Waals surface area contributed by atoms with Crippen molar-refractivity contribution in [3.8, 4) is 0 Å². The predicted molar refractivity (Wildman–Crippen MR) is 59.0 cm³/mol. The summed E-state index contributed by atoms with van der Waals surface area (Å²) in [6, 6.07) is -0.117. The van der Waals surface area contributed by atoms with Crippen LogP contribution in [0.1, 0.15) is 40.0 Å². The Morgan fingerprint density at radius 2 is 1.88 bits per heavy atom. The summed E-state index contributed by atoms with van der Waals surface area (Å²) in [6.45, 7) is 5.39. The van der Waals surface area contributed by atoms with Crippen LogP contribution in [0, 0.1) is 0 Å². The molecule has 0 aromatic heterocycles. The quantitative estimate of drug-likeness (QED) is 0.623. The van der Waals surface area contributed by atoms with Crippen LogP contribution < -0.4 is 5.32 Å². The van der Waals surface area contributed by atoms with Gasteiger partial charge in [-0.2, -0.15) is 0 Å². The summed E-state index contributed by atoms with van der Waals surface area (Å²) in [4.78, 5) is 11.4. The number of carbonyl (C=O) groups is 1. The minimum absolute atomic E-state index is 0.117. The first-order valence-electron chi connectivity index (χ1n) is 5.63. The number of hydrogen-bond donors (Lipinski definition) is 3. The van der Waals surface area contributed by atoms with Gasteiger partial charge in [0.1, 0.15) is 5.60 Å². The van der Waals surface area contributed by atoms with Gasteiger partial charge in [0.05, 0.1) is 12.2 Å². The van der Waals surface area contributed by atoms with Crippen molar-refractivity contribution in [2.75, 3.05) is 0 Å². The fourth-order valence-corrected chi connectivity index (χ4v) is 1.74. The van der Waals surface area contributed by atoms with Crippen molar-refractivity contribution in [3.63, 3.8) is 0 Å². The molecule has 5 nitrogen and oxygen atoms in total. The molecule has 1 unspecified atom stereocenters. The monoisotopic (exact) mass is 231 g/mol. The standard InChI is InChI=1S/C11H21NO4/c1-11(2,3)16-10(15)12-7-4-5-8(13)9(14)6-7/h7-9,13-14H,4-6H2,1-3H3,(H,12,15)/t7?,8-,9+/m1/s1. The Labute approximate surface area is 95.8 Å². The second kappa shape index (κ2) is 5.01. The van der Waals surface area contributed by atoms with Gasteiger partial charge in [0.15, 0.2) is 0 Å². The van der Waals surface area contributed by atoms with Gasteiger partial charge in [-0.15, -0.1) is 0 Å². The number of amides is 1. The molecular weight excluding hydrogens is 210 g/mol. The summed E-state index contributed by atoms with van der Waals surface area (Å²) in [6.07, 6.45) is -0.356. The van der Waals surface area contributed by atoms with Crippen LogP contribution in [0.2, 0.25) is 0 Å². The summed E-state index contributed by atoms with van der Waals surface area (Å²) in [5.41, 5.74) is -0.517. The summed E-state index contributed by atoms with van der Waals surface area (Å²) >= 11 is 0. The highest BCUT2D eigenvalue weighted by atomic mass is 16.6. The third-order valence-corrected chi connectivity index (χ3v) is 2.50. The lowest BCUT2D eigenvalue weighted by Gasteiger charge is -2.31. The molecule has 3 N–H and O–H groups in total. The Balaban J connectivity index is 2.35. The summed E-state index contributed by atoms with van der Waals surface area (Å²) in [5, 5.41) is 21.5. The van der Waals surface area contributed by atoms with Gasteiger partial charge in [-0.3, -0.25) is 0 Å². The molecule has 0 aliphatic heterocycles. The van der Waals surface area contributed by atoms with Crippen LogP contribution >= 0.6 is 0 Å². The Bertz CT molecular complexity index is 249. The number of ether oxygens (including phenoxy) is 1. The van der Waals surface area contributed by atoms with Gasteiger partial charge in [0.2, 0.25) is 0 Å². The van der Waals surface area contributed by atoms with E-state index in [9.17, 15) is 15.0 Å². The maximum absolute atomic E-state index is 11.4. The normalized spacial score (nSPS) is 30.9. The molecule has 0 aromatic carbocycles. The van der Waals surface area contributed by atoms with Crippen molar-refractivity contribution in [1.82, 2.24) is 5.32 Å². The second-order valence-corrected chi connectivity index (χ2v) is 5.29. The van der Waals surface area contributed by atoms with E-state index in [-0.39, 0.29) is 6.04 Å². The van der Waals surface area contributed by atoms with Crippen LogP contribution in [-0.4, -0.2) is 40.2 Å². The van der Waals surface area contributed by atoms with E-state index in [1.54, 1.807) is 20.8 Å². The number of carbonyl (C=O) groups excluding carboxylic acids is 1. The SMILES string of the molecule is CC(C)(C)OC(=O)NC1CC[C@@H](O)[C@@H](O)C1. The first kappa shape index (κ1) is 13.3. The molecule has 0 saturated heterocycles. The molecule has 0 heterocycles. The van der Waals surface area contributed by atoms with Gasteiger partial charge in [0, 0.05) is 6.04 Å². The van der Waals surface area contributed by atoms with E-state index >= 15 is 0 Å². The van der Waals surface area contributed by atoms with Crippen molar-refractivity contribution in [1.29, 1.82) is 0 Å². The average Bonchev–Trinajstić information content (AvgIpc) is 2.08. The lowest BCUT2D eigenvalue weighted by atomic mass is 9.91. The van der Waals surface area contributed by atoms with E-state index in [1.807, 2.05) is 0 Å². The molecule has 5 heteroatoms. The highest BCUT2D eigenvalue weighted by molar-refractivity contribution is 5.68. The third kappa shape index (κ3) is 4.37. The minimum Gasteiger partial charge on any atom is -0.444 e. The van der Waals surface area contributed by atoms with Crippen LogP contribution in [0.3, 0.4) is 0 Å². The number of alkyl carbamates (subject to hydrolysis) is 1. The number of hydrogen-bond acceptors (Lipinski definition) is 4. The number of aliphatic hydroxyl groups is 2. The third-order valence-electron chi connectivity index (χ3n) is 2.50. The zero-order valence-corrected chi connectivity index (χ0v) is 10.1. The molecule has 0 spiro atoms. The van der Waals surface area contributed by atoms with Gasteiger partial charge >= 0.3 is 6.09 Å². The Kier molecular flexibility index (Phi) is 4.15. The summed E-state index contributed by atoms with van der Waals surface area (Å²) in [7, 11) is 0. The van der Waals surface area contributed by atoms with E-state index in [0.717, 1.165) is 0 Å². The van der Waals surface area contributed by atoms with Gasteiger partial charge < -0.3 is 20.3 Å². The lowest BCUT2D eigenvalue weighted by molar-refractivity contribution is -0.0200. The molecular formula is C11H21NO4. The van der Waals surface area contributed by atoms with Gasteiger partial charge in [0.25, 0.3) is 0 Å². The fraction of sp³-hybridized carbons (Fsp3) is 0.909. The van der Waals surface area contributed by atoms with Crippen molar-refractivity contribution < 1.29 is 19.7 Å². The largest absolute Gasteiger partial charge is 0.444 e. The second-order valence-electron chi connectivity index (χ2n) is 5.29. The molecule has 3 atom stereocenters. The smallest absolute Gasteiger partial charge is 0.407 e. The van der Waals surface area contributed by atoms with Crippen LogP contribution in [0.4, 0.5) is 4.79 Å². The number of rotatable bonds is 1. The van der Waals surface area contributed by atoms with Crippen molar-refractivity contribution in [3.05, 3.63) is 0 Å².